The maximum Gasteiger partial charge on any atom is 0.177 e. The maximum atomic E-state index is 6.73. The van der Waals surface area contributed by atoms with Gasteiger partial charge in [0.2, 0.25) is 0 Å². The second kappa shape index (κ2) is 7.65. The van der Waals surface area contributed by atoms with Crippen LogP contribution in [0.25, 0.3) is 0 Å². The highest BCUT2D eigenvalue weighted by atomic mass is 35.6. The summed E-state index contributed by atoms with van der Waals surface area (Å²) in [7, 11) is 2.55. The SMILES string of the molecule is CCB(CC)/C(CC)=C(\CN(C)C)[Si](C)(C)Cl. The first-order valence-corrected chi connectivity index (χ1v) is 10.8. The maximum absolute atomic E-state index is 6.73. The molecule has 0 aliphatic heterocycles. The molecule has 0 spiro atoms. The topological polar surface area (TPSA) is 3.24 Å². The molecule has 0 saturated heterocycles. The van der Waals surface area contributed by atoms with Crippen molar-refractivity contribution in [1.82, 2.24) is 4.90 Å². The Hall–Kier alpha value is 0.272. The van der Waals surface area contributed by atoms with Crippen molar-refractivity contribution in [2.45, 2.75) is 52.9 Å². The summed E-state index contributed by atoms with van der Waals surface area (Å²) in [5, 5.41) is 1.56. The van der Waals surface area contributed by atoms with E-state index in [1.54, 1.807) is 10.7 Å². The molecule has 0 N–H and O–H groups in total. The minimum absolute atomic E-state index is 0.723. The van der Waals surface area contributed by atoms with Gasteiger partial charge in [0.1, 0.15) is 0 Å². The fraction of sp³-hybridized carbons (Fsp3) is 0.846. The molecule has 1 nitrogen and oxygen atoms in total. The lowest BCUT2D eigenvalue weighted by Crippen LogP contribution is -2.34. The summed E-state index contributed by atoms with van der Waals surface area (Å²) in [5.74, 6) is 0. The van der Waals surface area contributed by atoms with Crippen LogP contribution in [0.15, 0.2) is 10.7 Å². The third-order valence-corrected chi connectivity index (χ3v) is 6.04. The molecule has 0 radical (unpaired) electrons. The van der Waals surface area contributed by atoms with Gasteiger partial charge in [-0.2, -0.15) is 11.1 Å². The zero-order valence-corrected chi connectivity index (χ0v) is 14.5. The van der Waals surface area contributed by atoms with Gasteiger partial charge in [-0.25, -0.2) is 0 Å². The molecule has 0 saturated carbocycles. The van der Waals surface area contributed by atoms with Gasteiger partial charge in [-0.3, -0.25) is 0 Å². The Morgan fingerprint density at radius 1 is 1.12 bits per heavy atom. The fourth-order valence-electron chi connectivity index (χ4n) is 2.52. The van der Waals surface area contributed by atoms with E-state index >= 15 is 0 Å². The summed E-state index contributed by atoms with van der Waals surface area (Å²) in [4.78, 5) is 2.25. The summed E-state index contributed by atoms with van der Waals surface area (Å²) in [6, 6.07) is 0. The zero-order valence-electron chi connectivity index (χ0n) is 12.7. The summed E-state index contributed by atoms with van der Waals surface area (Å²) >= 11 is 6.73. The standard InChI is InChI=1S/C13H29BClNSi/c1-8-12(14(9-2)10-3)13(11-16(4)5)17(6,7)15/h8-11H2,1-7H3/b13-12+. The van der Waals surface area contributed by atoms with Crippen LogP contribution in [0, 0.1) is 0 Å². The van der Waals surface area contributed by atoms with E-state index in [9.17, 15) is 0 Å². The predicted molar refractivity (Wildman–Crippen MR) is 85.9 cm³/mol. The molecule has 0 aromatic rings. The average molecular weight is 274 g/mol. The molecule has 0 aliphatic carbocycles. The van der Waals surface area contributed by atoms with E-state index in [2.05, 4.69) is 52.9 Å². The van der Waals surface area contributed by atoms with Crippen molar-refractivity contribution in [3.05, 3.63) is 10.7 Å². The summed E-state index contributed by atoms with van der Waals surface area (Å²) < 4.78 is 0. The molecule has 0 fully saturated rings. The number of halogens is 1. The van der Waals surface area contributed by atoms with E-state index in [-0.39, 0.29) is 0 Å². The molecule has 0 aromatic heterocycles. The van der Waals surface area contributed by atoms with Crippen molar-refractivity contribution in [2.75, 3.05) is 20.6 Å². The van der Waals surface area contributed by atoms with Gasteiger partial charge in [-0.05, 0) is 20.5 Å². The van der Waals surface area contributed by atoms with Gasteiger partial charge in [0, 0.05) is 6.54 Å². The first kappa shape index (κ1) is 17.3. The number of hydrogen-bond donors (Lipinski definition) is 0. The largest absolute Gasteiger partial charge is 0.306 e. The van der Waals surface area contributed by atoms with Crippen molar-refractivity contribution >= 4 is 25.2 Å². The molecule has 0 amide bonds. The van der Waals surface area contributed by atoms with E-state index in [0.29, 0.717) is 0 Å². The smallest absolute Gasteiger partial charge is 0.177 e. The quantitative estimate of drug-likeness (QED) is 0.493. The average Bonchev–Trinajstić information content (AvgIpc) is 2.21. The van der Waals surface area contributed by atoms with E-state index in [1.807, 2.05) is 0 Å². The molecule has 0 rings (SSSR count). The molecule has 0 unspecified atom stereocenters. The Balaban J connectivity index is 5.43. The van der Waals surface area contributed by atoms with Gasteiger partial charge in [0.25, 0.3) is 0 Å². The fourth-order valence-corrected chi connectivity index (χ4v) is 4.90. The Morgan fingerprint density at radius 2 is 1.59 bits per heavy atom. The van der Waals surface area contributed by atoms with Crippen LogP contribution in [-0.4, -0.2) is 39.6 Å². The van der Waals surface area contributed by atoms with Gasteiger partial charge in [-0.1, -0.05) is 51.7 Å². The van der Waals surface area contributed by atoms with Crippen LogP contribution >= 0.6 is 11.1 Å². The summed E-state index contributed by atoms with van der Waals surface area (Å²) in [6.45, 7) is 13.1. The lowest BCUT2D eigenvalue weighted by Gasteiger charge is -2.28. The number of nitrogens with zero attached hydrogens (tertiary/aromatic N) is 1. The number of allylic oxidation sites excluding steroid dienone is 1. The van der Waals surface area contributed by atoms with Gasteiger partial charge in [-0.15, -0.1) is 5.47 Å². The second-order valence-electron chi connectivity index (χ2n) is 5.58. The van der Waals surface area contributed by atoms with Crippen LogP contribution in [-0.2, 0) is 0 Å². The van der Waals surface area contributed by atoms with E-state index in [1.165, 1.54) is 12.6 Å². The molecule has 0 aliphatic rings. The second-order valence-corrected chi connectivity index (χ2v) is 12.0. The first-order chi connectivity index (χ1) is 7.77. The number of hydrogen-bond acceptors (Lipinski definition) is 1. The molecule has 100 valence electrons. The van der Waals surface area contributed by atoms with Gasteiger partial charge < -0.3 is 4.90 Å². The molecule has 0 atom stereocenters. The molecular formula is C13H29BClNSi. The third-order valence-electron chi connectivity index (χ3n) is 3.44. The molecule has 0 aromatic carbocycles. The highest BCUT2D eigenvalue weighted by molar-refractivity contribution is 7.23. The lowest BCUT2D eigenvalue weighted by atomic mass is 9.40. The van der Waals surface area contributed by atoms with Gasteiger partial charge in [0.05, 0.1) is 0 Å². The number of likely N-dealkylation sites (N-methyl/N-ethyl adjacent to an activating group) is 1. The Kier molecular flexibility index (Phi) is 7.77. The molecule has 0 heterocycles. The van der Waals surface area contributed by atoms with Crippen molar-refractivity contribution < 1.29 is 0 Å². The van der Waals surface area contributed by atoms with Crippen molar-refractivity contribution in [3.63, 3.8) is 0 Å². The molecule has 4 heteroatoms. The van der Waals surface area contributed by atoms with Crippen LogP contribution in [0.4, 0.5) is 0 Å². The molecular weight excluding hydrogens is 245 g/mol. The van der Waals surface area contributed by atoms with Crippen molar-refractivity contribution in [3.8, 4) is 0 Å². The van der Waals surface area contributed by atoms with Crippen LogP contribution in [0.2, 0.25) is 25.7 Å². The van der Waals surface area contributed by atoms with Crippen LogP contribution < -0.4 is 0 Å². The third kappa shape index (κ3) is 5.63. The van der Waals surface area contributed by atoms with Crippen LogP contribution in [0.1, 0.15) is 27.2 Å². The first-order valence-electron chi connectivity index (χ1n) is 6.83. The van der Waals surface area contributed by atoms with E-state index < -0.39 is 7.38 Å². The van der Waals surface area contributed by atoms with Crippen LogP contribution in [0.5, 0.6) is 0 Å². The van der Waals surface area contributed by atoms with Crippen molar-refractivity contribution in [1.29, 1.82) is 0 Å². The predicted octanol–water partition coefficient (Wildman–Crippen LogP) is 4.31. The minimum atomic E-state index is -1.72. The van der Waals surface area contributed by atoms with E-state index in [0.717, 1.165) is 19.7 Å². The number of rotatable bonds is 7. The Morgan fingerprint density at radius 3 is 1.82 bits per heavy atom. The highest BCUT2D eigenvalue weighted by Crippen LogP contribution is 2.28. The highest BCUT2D eigenvalue weighted by Gasteiger charge is 2.29. The van der Waals surface area contributed by atoms with E-state index in [4.69, 9.17) is 11.1 Å². The van der Waals surface area contributed by atoms with Gasteiger partial charge in [0.15, 0.2) is 14.1 Å². The summed E-state index contributed by atoms with van der Waals surface area (Å²) in [6.07, 6.45) is 3.62. The lowest BCUT2D eigenvalue weighted by molar-refractivity contribution is 0.450. The van der Waals surface area contributed by atoms with Crippen molar-refractivity contribution in [2.24, 2.45) is 0 Å². The Labute approximate surface area is 114 Å². The monoisotopic (exact) mass is 273 g/mol. The normalized spacial score (nSPS) is 13.9. The summed E-state index contributed by atoms with van der Waals surface area (Å²) in [5.41, 5.74) is 1.63. The van der Waals surface area contributed by atoms with Gasteiger partial charge >= 0.3 is 0 Å². The minimum Gasteiger partial charge on any atom is -0.306 e. The Bertz CT molecular complexity index is 255. The molecule has 0 bridgehead atoms. The molecule has 17 heavy (non-hydrogen) atoms. The zero-order chi connectivity index (χ0) is 13.6. The van der Waals surface area contributed by atoms with Crippen LogP contribution in [0.3, 0.4) is 0 Å².